The van der Waals surface area contributed by atoms with Gasteiger partial charge in [-0.2, -0.15) is 0 Å². The maximum Gasteiger partial charge on any atom is 0.306 e. The number of phosphoric acid groups is 1. The molecule has 0 aromatic carbocycles. The van der Waals surface area contributed by atoms with E-state index in [1.54, 1.807) is 0 Å². The second-order valence-electron chi connectivity index (χ2n) is 19.1. The van der Waals surface area contributed by atoms with E-state index in [1.165, 1.54) is 116 Å². The van der Waals surface area contributed by atoms with E-state index in [4.69, 9.17) is 13.8 Å². The Morgan fingerprint density at radius 1 is 0.562 bits per heavy atom. The SMILES string of the molecule is CC/C=C/C=C/C=C\CCCCCCCC(=O)NC(COP(=O)([O-])OCC[N+](C)(C)C)C(/C=C/CCCCCCCCCCC)OC(=O)CCCCCCCCCCCCCCCC. The Morgan fingerprint density at radius 2 is 1.00 bits per heavy atom. The second-order valence-corrected chi connectivity index (χ2v) is 20.5. The van der Waals surface area contributed by atoms with E-state index in [0.717, 1.165) is 77.0 Å². The molecule has 0 bridgehead atoms. The number of ether oxygens (including phenoxy) is 1. The number of carbonyl (C=O) groups is 2. The minimum Gasteiger partial charge on any atom is -0.756 e. The van der Waals surface area contributed by atoms with Crippen LogP contribution in [0.25, 0.3) is 0 Å². The van der Waals surface area contributed by atoms with E-state index in [-0.39, 0.29) is 24.9 Å². The van der Waals surface area contributed by atoms with Gasteiger partial charge < -0.3 is 28.5 Å². The van der Waals surface area contributed by atoms with E-state index in [2.05, 4.69) is 56.5 Å². The number of quaternary nitrogens is 1. The summed E-state index contributed by atoms with van der Waals surface area (Å²) in [5.41, 5.74) is 0. The summed E-state index contributed by atoms with van der Waals surface area (Å²) < 4.78 is 30.1. The molecule has 3 atom stereocenters. The van der Waals surface area contributed by atoms with Crippen LogP contribution in [0.1, 0.15) is 233 Å². The van der Waals surface area contributed by atoms with Gasteiger partial charge in [0.25, 0.3) is 7.82 Å². The molecule has 0 heterocycles. The van der Waals surface area contributed by atoms with Crippen LogP contribution in [0.15, 0.2) is 48.6 Å². The van der Waals surface area contributed by atoms with Gasteiger partial charge in [-0.3, -0.25) is 14.2 Å². The number of nitrogens with zero attached hydrogens (tertiary/aromatic N) is 1. The van der Waals surface area contributed by atoms with Crippen molar-refractivity contribution in [1.29, 1.82) is 0 Å². The van der Waals surface area contributed by atoms with Gasteiger partial charge in [0.05, 0.1) is 33.8 Å². The average molecular weight is 921 g/mol. The molecule has 0 aliphatic heterocycles. The van der Waals surface area contributed by atoms with Gasteiger partial charge in [0.2, 0.25) is 5.91 Å². The van der Waals surface area contributed by atoms with Crippen molar-refractivity contribution in [2.75, 3.05) is 40.9 Å². The van der Waals surface area contributed by atoms with Crippen LogP contribution < -0.4 is 10.2 Å². The van der Waals surface area contributed by atoms with Crippen molar-refractivity contribution in [3.05, 3.63) is 48.6 Å². The van der Waals surface area contributed by atoms with Gasteiger partial charge in [-0.25, -0.2) is 0 Å². The van der Waals surface area contributed by atoms with E-state index >= 15 is 0 Å². The summed E-state index contributed by atoms with van der Waals surface area (Å²) in [5.74, 6) is -0.563. The lowest BCUT2D eigenvalue weighted by atomic mass is 10.0. The van der Waals surface area contributed by atoms with Crippen molar-refractivity contribution in [2.45, 2.75) is 245 Å². The third-order valence-corrected chi connectivity index (χ3v) is 12.5. The highest BCUT2D eigenvalue weighted by atomic mass is 31.2. The van der Waals surface area contributed by atoms with Crippen molar-refractivity contribution in [3.8, 4) is 0 Å². The van der Waals surface area contributed by atoms with Crippen LogP contribution in [0.3, 0.4) is 0 Å². The highest BCUT2D eigenvalue weighted by Gasteiger charge is 2.27. The van der Waals surface area contributed by atoms with Crippen molar-refractivity contribution in [2.24, 2.45) is 0 Å². The number of allylic oxidation sites excluding steroid dienone is 7. The topological polar surface area (TPSA) is 114 Å². The predicted molar refractivity (Wildman–Crippen MR) is 270 cm³/mol. The third kappa shape index (κ3) is 45.1. The molecule has 64 heavy (non-hydrogen) atoms. The summed E-state index contributed by atoms with van der Waals surface area (Å²) in [6.45, 7) is 6.68. The number of rotatable bonds is 47. The lowest BCUT2D eigenvalue weighted by molar-refractivity contribution is -0.870. The zero-order valence-corrected chi connectivity index (χ0v) is 43.4. The van der Waals surface area contributed by atoms with Gasteiger partial charge in [0, 0.05) is 12.8 Å². The van der Waals surface area contributed by atoms with Crippen LogP contribution >= 0.6 is 7.82 Å². The number of hydrogen-bond donors (Lipinski definition) is 1. The standard InChI is InChI=1S/C54H101N2O7P/c1-7-10-13-16-19-22-25-27-29-32-35-38-41-44-47-54(58)63-52(45-42-39-36-33-30-24-21-18-15-12-9-3)51(50-62-64(59,60)61-49-48-56(4,5)6)55-53(57)46-43-40-37-34-31-28-26-23-20-17-14-11-8-2/h11,14,17,20,23,26,42,45,51-52H,7-10,12-13,15-16,18-19,21-22,24-25,27-41,43-44,46-50H2,1-6H3,(H-,55,57,59,60)/b14-11+,20-17+,26-23-,45-42+. The molecule has 10 heteroatoms. The van der Waals surface area contributed by atoms with Gasteiger partial charge in [-0.1, -0.05) is 217 Å². The van der Waals surface area contributed by atoms with Crippen molar-refractivity contribution in [1.82, 2.24) is 5.32 Å². The number of amides is 1. The maximum atomic E-state index is 13.4. The fourth-order valence-electron chi connectivity index (χ4n) is 7.46. The molecule has 0 saturated heterocycles. The highest BCUT2D eigenvalue weighted by molar-refractivity contribution is 7.45. The fraction of sp³-hybridized carbons (Fsp3) is 0.815. The van der Waals surface area contributed by atoms with Crippen molar-refractivity contribution in [3.63, 3.8) is 0 Å². The lowest BCUT2D eigenvalue weighted by Gasteiger charge is -2.30. The molecule has 1 amide bonds. The zero-order chi connectivity index (χ0) is 47.3. The van der Waals surface area contributed by atoms with Crippen LogP contribution in [-0.2, 0) is 27.9 Å². The first-order chi connectivity index (χ1) is 30.9. The molecule has 0 aromatic rings. The van der Waals surface area contributed by atoms with Crippen LogP contribution in [-0.4, -0.2) is 69.4 Å². The quantitative estimate of drug-likeness (QED) is 0.0161. The number of nitrogens with one attached hydrogen (secondary N) is 1. The van der Waals surface area contributed by atoms with E-state index in [0.29, 0.717) is 23.9 Å². The second kappa shape index (κ2) is 44.8. The molecule has 3 unspecified atom stereocenters. The first-order valence-electron chi connectivity index (χ1n) is 26.5. The van der Waals surface area contributed by atoms with Gasteiger partial charge in [0.15, 0.2) is 0 Å². The molecule has 0 fully saturated rings. The molecule has 0 aliphatic carbocycles. The first kappa shape index (κ1) is 62.0. The number of unbranched alkanes of at least 4 members (excludes halogenated alkanes) is 27. The summed E-state index contributed by atoms with van der Waals surface area (Å²) in [5, 5.41) is 3.00. The Morgan fingerprint density at radius 3 is 1.48 bits per heavy atom. The predicted octanol–water partition coefficient (Wildman–Crippen LogP) is 14.7. The van der Waals surface area contributed by atoms with E-state index < -0.39 is 26.6 Å². The number of hydrogen-bond acceptors (Lipinski definition) is 7. The van der Waals surface area contributed by atoms with Crippen LogP contribution in [0.2, 0.25) is 0 Å². The normalized spacial score (nSPS) is 14.3. The number of carbonyl (C=O) groups excluding carboxylic acids is 2. The minimum absolute atomic E-state index is 0.0263. The summed E-state index contributed by atoms with van der Waals surface area (Å²) in [7, 11) is 1.17. The smallest absolute Gasteiger partial charge is 0.306 e. The molecule has 0 spiro atoms. The monoisotopic (exact) mass is 921 g/mol. The molecular formula is C54H101N2O7P. The van der Waals surface area contributed by atoms with Crippen LogP contribution in [0.4, 0.5) is 0 Å². The van der Waals surface area contributed by atoms with Gasteiger partial charge >= 0.3 is 5.97 Å². The molecule has 0 saturated carbocycles. The zero-order valence-electron chi connectivity index (χ0n) is 42.5. The van der Waals surface area contributed by atoms with Gasteiger partial charge in [-0.05, 0) is 51.0 Å². The van der Waals surface area contributed by atoms with Crippen LogP contribution in [0.5, 0.6) is 0 Å². The van der Waals surface area contributed by atoms with Crippen LogP contribution in [0, 0.1) is 0 Å². The van der Waals surface area contributed by atoms with E-state index in [9.17, 15) is 19.0 Å². The molecular weight excluding hydrogens is 820 g/mol. The summed E-state index contributed by atoms with van der Waals surface area (Å²) in [6, 6.07) is -0.894. The fourth-order valence-corrected chi connectivity index (χ4v) is 8.19. The molecule has 1 N–H and O–H groups in total. The molecule has 9 nitrogen and oxygen atoms in total. The molecule has 0 aliphatic rings. The first-order valence-corrected chi connectivity index (χ1v) is 27.9. The number of esters is 1. The highest BCUT2D eigenvalue weighted by Crippen LogP contribution is 2.38. The number of phosphoric ester groups is 1. The van der Waals surface area contributed by atoms with Gasteiger partial charge in [0.1, 0.15) is 19.3 Å². The Hall–Kier alpha value is -2.03. The molecule has 0 radical (unpaired) electrons. The van der Waals surface area contributed by atoms with Gasteiger partial charge in [-0.15, -0.1) is 0 Å². The largest absolute Gasteiger partial charge is 0.756 e. The Kier molecular flexibility index (Phi) is 43.4. The summed E-state index contributed by atoms with van der Waals surface area (Å²) >= 11 is 0. The Bertz CT molecular complexity index is 1240. The number of likely N-dealkylation sites (N-methyl/N-ethyl adjacent to an activating group) is 1. The molecule has 0 rings (SSSR count). The Labute approximate surface area is 395 Å². The van der Waals surface area contributed by atoms with E-state index in [1.807, 2.05) is 39.4 Å². The lowest BCUT2D eigenvalue weighted by Crippen LogP contribution is -2.47. The minimum atomic E-state index is -4.69. The summed E-state index contributed by atoms with van der Waals surface area (Å²) in [4.78, 5) is 39.7. The Balaban J connectivity index is 5.41. The third-order valence-electron chi connectivity index (χ3n) is 11.6. The molecule has 0 aromatic heterocycles. The summed E-state index contributed by atoms with van der Waals surface area (Å²) in [6.07, 6.45) is 52.2. The average Bonchev–Trinajstić information content (AvgIpc) is 3.25. The van der Waals surface area contributed by atoms with Crippen molar-refractivity contribution >= 4 is 19.7 Å². The maximum absolute atomic E-state index is 13.4. The molecule has 374 valence electrons. The van der Waals surface area contributed by atoms with Crippen molar-refractivity contribution < 1.29 is 37.3 Å².